The molecular weight excluding hydrogens is 516 g/mol. The van der Waals surface area contributed by atoms with Gasteiger partial charge in [-0.2, -0.15) is 0 Å². The summed E-state index contributed by atoms with van der Waals surface area (Å²) >= 11 is 9.91. The molecule has 0 spiro atoms. The molecule has 0 saturated carbocycles. The predicted octanol–water partition coefficient (Wildman–Crippen LogP) is 7.42. The highest BCUT2D eigenvalue weighted by Gasteiger charge is 2.18. The summed E-state index contributed by atoms with van der Waals surface area (Å²) in [4.78, 5) is 11.5. The second-order valence-electron chi connectivity index (χ2n) is 7.33. The summed E-state index contributed by atoms with van der Waals surface area (Å²) in [6.07, 6.45) is 0. The number of nitrogens with zero attached hydrogens (tertiary/aromatic N) is 1. The van der Waals surface area contributed by atoms with E-state index in [1.807, 2.05) is 29.7 Å². The Labute approximate surface area is 202 Å². The molecule has 0 aliphatic carbocycles. The van der Waals surface area contributed by atoms with Gasteiger partial charge in [0.05, 0.1) is 22.0 Å². The van der Waals surface area contributed by atoms with E-state index in [0.717, 1.165) is 16.2 Å². The SMILES string of the molecule is Cc1ccc(-c2cc(Br)ccc2OCc2ccc(F)cc2F)n1-c1cc(C(=O)O)ccc1Cl. The largest absolute Gasteiger partial charge is 0.488 e. The fraction of sp³-hybridized carbons (Fsp3) is 0.0800. The van der Waals surface area contributed by atoms with Crippen molar-refractivity contribution in [1.82, 2.24) is 4.57 Å². The number of hydrogen-bond acceptors (Lipinski definition) is 2. The smallest absolute Gasteiger partial charge is 0.335 e. The fourth-order valence-corrected chi connectivity index (χ4v) is 4.07. The first-order valence-corrected chi connectivity index (χ1v) is 11.0. The van der Waals surface area contributed by atoms with Gasteiger partial charge in [-0.05, 0) is 67.6 Å². The number of benzene rings is 3. The van der Waals surface area contributed by atoms with Gasteiger partial charge < -0.3 is 14.4 Å². The quantitative estimate of drug-likeness (QED) is 0.281. The first-order chi connectivity index (χ1) is 15.7. The lowest BCUT2D eigenvalue weighted by atomic mass is 10.1. The lowest BCUT2D eigenvalue weighted by Crippen LogP contribution is -2.05. The van der Waals surface area contributed by atoms with Crippen molar-refractivity contribution in [3.8, 4) is 22.7 Å². The number of carboxylic acid groups (broad SMARTS) is 1. The lowest BCUT2D eigenvalue weighted by Gasteiger charge is -2.17. The minimum atomic E-state index is -1.06. The van der Waals surface area contributed by atoms with E-state index in [4.69, 9.17) is 16.3 Å². The van der Waals surface area contributed by atoms with Gasteiger partial charge in [0.25, 0.3) is 0 Å². The summed E-state index contributed by atoms with van der Waals surface area (Å²) in [5.74, 6) is -1.95. The number of aryl methyl sites for hydroxylation is 1. The zero-order valence-corrected chi connectivity index (χ0v) is 19.6. The Bertz CT molecular complexity index is 1370. The molecule has 8 heteroatoms. The van der Waals surface area contributed by atoms with Crippen LogP contribution in [0.4, 0.5) is 8.78 Å². The van der Waals surface area contributed by atoms with Crippen molar-refractivity contribution in [2.45, 2.75) is 13.5 Å². The van der Waals surface area contributed by atoms with Crippen LogP contribution in [0.5, 0.6) is 5.75 Å². The van der Waals surface area contributed by atoms with Gasteiger partial charge >= 0.3 is 5.97 Å². The normalized spacial score (nSPS) is 10.9. The zero-order valence-electron chi connectivity index (χ0n) is 17.3. The molecule has 1 heterocycles. The van der Waals surface area contributed by atoms with Crippen LogP contribution in [0.2, 0.25) is 5.02 Å². The maximum absolute atomic E-state index is 14.1. The Morgan fingerprint density at radius 3 is 2.58 bits per heavy atom. The number of halogens is 4. The molecule has 0 radical (unpaired) electrons. The van der Waals surface area contributed by atoms with Crippen molar-refractivity contribution in [1.29, 1.82) is 0 Å². The summed E-state index contributed by atoms with van der Waals surface area (Å²) in [5.41, 5.74) is 3.03. The molecular formula is C25H17BrClF2NO3. The molecule has 4 rings (SSSR count). The molecule has 168 valence electrons. The van der Waals surface area contributed by atoms with Crippen molar-refractivity contribution in [2.75, 3.05) is 0 Å². The number of carboxylic acids is 1. The third kappa shape index (κ3) is 4.79. The molecule has 0 atom stereocenters. The van der Waals surface area contributed by atoms with Crippen LogP contribution in [-0.2, 0) is 6.61 Å². The number of aromatic nitrogens is 1. The first kappa shape index (κ1) is 23.0. The highest BCUT2D eigenvalue weighted by molar-refractivity contribution is 9.10. The van der Waals surface area contributed by atoms with Crippen molar-refractivity contribution < 1.29 is 23.4 Å². The van der Waals surface area contributed by atoms with Gasteiger partial charge in [-0.1, -0.05) is 27.5 Å². The van der Waals surface area contributed by atoms with E-state index in [9.17, 15) is 18.7 Å². The summed E-state index contributed by atoms with van der Waals surface area (Å²) in [6.45, 7) is 1.77. The number of rotatable bonds is 6. The van der Waals surface area contributed by atoms with Crippen LogP contribution in [0, 0.1) is 18.6 Å². The fourth-order valence-electron chi connectivity index (χ4n) is 3.51. The van der Waals surface area contributed by atoms with Gasteiger partial charge in [0.15, 0.2) is 0 Å². The molecule has 1 aromatic heterocycles. The van der Waals surface area contributed by atoms with E-state index in [0.29, 0.717) is 27.7 Å². The van der Waals surface area contributed by atoms with E-state index >= 15 is 0 Å². The molecule has 0 saturated heterocycles. The number of hydrogen-bond donors (Lipinski definition) is 1. The second-order valence-corrected chi connectivity index (χ2v) is 8.65. The molecule has 4 aromatic rings. The van der Waals surface area contributed by atoms with Crippen LogP contribution in [-0.4, -0.2) is 15.6 Å². The maximum Gasteiger partial charge on any atom is 0.335 e. The topological polar surface area (TPSA) is 51.5 Å². The van der Waals surface area contributed by atoms with E-state index in [1.54, 1.807) is 18.2 Å². The molecule has 0 fully saturated rings. The van der Waals surface area contributed by atoms with Gasteiger partial charge in [-0.25, -0.2) is 13.6 Å². The van der Waals surface area contributed by atoms with Crippen LogP contribution in [0.15, 0.2) is 71.2 Å². The summed E-state index contributed by atoms with van der Waals surface area (Å²) in [6, 6.07) is 16.9. The summed E-state index contributed by atoms with van der Waals surface area (Å²) in [5, 5.41) is 9.80. The molecule has 0 unspecified atom stereocenters. The average molecular weight is 533 g/mol. The Morgan fingerprint density at radius 1 is 1.06 bits per heavy atom. The van der Waals surface area contributed by atoms with Crippen molar-refractivity contribution in [3.63, 3.8) is 0 Å². The Kier molecular flexibility index (Phi) is 6.54. The molecule has 1 N–H and O–H groups in total. The van der Waals surface area contributed by atoms with E-state index in [2.05, 4.69) is 15.9 Å². The third-order valence-electron chi connectivity index (χ3n) is 5.13. The molecule has 0 amide bonds. The van der Waals surface area contributed by atoms with Crippen LogP contribution in [0.25, 0.3) is 16.9 Å². The standard InChI is InChI=1S/C25H17BrClF2NO3/c1-14-2-8-22(30(14)23-10-15(25(31)32)4-7-20(23)27)19-11-17(26)5-9-24(19)33-13-16-3-6-18(28)12-21(16)29/h2-12H,13H2,1H3,(H,31,32). The van der Waals surface area contributed by atoms with E-state index in [-0.39, 0.29) is 17.7 Å². The van der Waals surface area contributed by atoms with Gasteiger partial charge in [-0.15, -0.1) is 0 Å². The van der Waals surface area contributed by atoms with Gasteiger partial charge in [0.1, 0.15) is 24.0 Å². The van der Waals surface area contributed by atoms with Crippen LogP contribution >= 0.6 is 27.5 Å². The molecule has 0 aliphatic heterocycles. The highest BCUT2D eigenvalue weighted by atomic mass is 79.9. The van der Waals surface area contributed by atoms with Crippen LogP contribution in [0.1, 0.15) is 21.6 Å². The minimum Gasteiger partial charge on any atom is -0.488 e. The average Bonchev–Trinajstić information content (AvgIpc) is 3.15. The zero-order chi connectivity index (χ0) is 23.7. The molecule has 4 nitrogen and oxygen atoms in total. The molecule has 0 bridgehead atoms. The number of carbonyl (C=O) groups is 1. The molecule has 0 aliphatic rings. The Morgan fingerprint density at radius 2 is 1.85 bits per heavy atom. The Hall–Kier alpha value is -3.16. The second kappa shape index (κ2) is 9.37. The molecule has 33 heavy (non-hydrogen) atoms. The van der Waals surface area contributed by atoms with E-state index < -0.39 is 17.6 Å². The minimum absolute atomic E-state index is 0.101. The summed E-state index contributed by atoms with van der Waals surface area (Å²) in [7, 11) is 0. The van der Waals surface area contributed by atoms with Gasteiger partial charge in [0, 0.05) is 27.4 Å². The molecule has 3 aromatic carbocycles. The first-order valence-electron chi connectivity index (χ1n) is 9.83. The highest BCUT2D eigenvalue weighted by Crippen LogP contribution is 2.37. The summed E-state index contributed by atoms with van der Waals surface area (Å²) < 4.78 is 35.8. The van der Waals surface area contributed by atoms with Crippen LogP contribution in [0.3, 0.4) is 0 Å². The Balaban J connectivity index is 1.79. The van der Waals surface area contributed by atoms with E-state index in [1.165, 1.54) is 24.3 Å². The number of ether oxygens (including phenoxy) is 1. The maximum atomic E-state index is 14.1. The third-order valence-corrected chi connectivity index (χ3v) is 5.94. The lowest BCUT2D eigenvalue weighted by molar-refractivity contribution is 0.0697. The van der Waals surface area contributed by atoms with Gasteiger partial charge in [-0.3, -0.25) is 0 Å². The van der Waals surface area contributed by atoms with Crippen molar-refractivity contribution in [2.24, 2.45) is 0 Å². The van der Waals surface area contributed by atoms with Crippen molar-refractivity contribution >= 4 is 33.5 Å². The predicted molar refractivity (Wildman–Crippen MR) is 126 cm³/mol. The monoisotopic (exact) mass is 531 g/mol. The van der Waals surface area contributed by atoms with Crippen molar-refractivity contribution in [3.05, 3.63) is 105 Å². The van der Waals surface area contributed by atoms with Crippen LogP contribution < -0.4 is 4.74 Å². The number of aromatic carboxylic acids is 1. The van der Waals surface area contributed by atoms with Gasteiger partial charge in [0.2, 0.25) is 0 Å².